The van der Waals surface area contributed by atoms with Crippen molar-refractivity contribution < 1.29 is 17.9 Å². The van der Waals surface area contributed by atoms with Crippen LogP contribution in [0.25, 0.3) is 11.4 Å². The molecule has 2 amide bonds. The Labute approximate surface area is 200 Å². The summed E-state index contributed by atoms with van der Waals surface area (Å²) in [5.41, 5.74) is 2.98. The molecule has 5 rings (SSSR count). The number of carbonyl (C=O) groups is 1. The molecule has 34 heavy (non-hydrogen) atoms. The van der Waals surface area contributed by atoms with Crippen LogP contribution in [-0.2, 0) is 26.7 Å². The number of rotatable bonds is 4. The SMILES string of the molecule is C[C@H]1COCCN1c1nc(-c2ccc(NC(=O)NC3CC3)cc2)nc2c1CS(=O)(=O)C(C)(C)C2. The highest BCUT2D eigenvalue weighted by Crippen LogP contribution is 2.38. The smallest absolute Gasteiger partial charge is 0.319 e. The normalized spacial score (nSPS) is 23.1. The van der Waals surface area contributed by atoms with Crippen LogP contribution in [0.4, 0.5) is 16.3 Å². The maximum Gasteiger partial charge on any atom is 0.319 e. The molecule has 182 valence electrons. The highest BCUT2D eigenvalue weighted by atomic mass is 32.2. The zero-order valence-electron chi connectivity index (χ0n) is 19.8. The number of hydrogen-bond acceptors (Lipinski definition) is 7. The number of nitrogens with one attached hydrogen (secondary N) is 2. The number of ether oxygens (including phenoxy) is 1. The molecule has 0 unspecified atom stereocenters. The number of nitrogens with zero attached hydrogens (tertiary/aromatic N) is 3. The molecule has 10 heteroatoms. The predicted octanol–water partition coefficient (Wildman–Crippen LogP) is 2.90. The van der Waals surface area contributed by atoms with Crippen molar-refractivity contribution in [2.24, 2.45) is 0 Å². The Morgan fingerprint density at radius 1 is 1.18 bits per heavy atom. The number of amides is 2. The van der Waals surface area contributed by atoms with Crippen molar-refractivity contribution in [2.75, 3.05) is 30.0 Å². The van der Waals surface area contributed by atoms with Crippen molar-refractivity contribution in [3.05, 3.63) is 35.5 Å². The Kier molecular flexibility index (Phi) is 5.76. The maximum absolute atomic E-state index is 13.0. The van der Waals surface area contributed by atoms with E-state index < -0.39 is 14.6 Å². The summed E-state index contributed by atoms with van der Waals surface area (Å²) in [6, 6.07) is 7.59. The van der Waals surface area contributed by atoms with Crippen molar-refractivity contribution in [1.29, 1.82) is 0 Å². The topological polar surface area (TPSA) is 114 Å². The molecule has 9 nitrogen and oxygen atoms in total. The molecule has 0 radical (unpaired) electrons. The fourth-order valence-electron chi connectivity index (χ4n) is 4.40. The Hall–Kier alpha value is -2.72. The first-order valence-electron chi connectivity index (χ1n) is 11.8. The van der Waals surface area contributed by atoms with Gasteiger partial charge in [-0.05, 0) is 57.9 Å². The van der Waals surface area contributed by atoms with Crippen LogP contribution in [0.15, 0.2) is 24.3 Å². The highest BCUT2D eigenvalue weighted by molar-refractivity contribution is 7.92. The van der Waals surface area contributed by atoms with Gasteiger partial charge in [-0.1, -0.05) is 0 Å². The van der Waals surface area contributed by atoms with E-state index in [-0.39, 0.29) is 23.9 Å². The monoisotopic (exact) mass is 485 g/mol. The van der Waals surface area contributed by atoms with E-state index in [1.165, 1.54) is 0 Å². The lowest BCUT2D eigenvalue weighted by molar-refractivity contribution is 0.0984. The lowest BCUT2D eigenvalue weighted by Gasteiger charge is -2.38. The van der Waals surface area contributed by atoms with Crippen molar-refractivity contribution >= 4 is 27.4 Å². The van der Waals surface area contributed by atoms with Gasteiger partial charge in [0.2, 0.25) is 0 Å². The molecule has 1 saturated carbocycles. The Balaban J connectivity index is 1.50. The molecular formula is C24H31N5O4S. The molecule has 1 aromatic heterocycles. The molecule has 2 fully saturated rings. The van der Waals surface area contributed by atoms with E-state index in [4.69, 9.17) is 14.7 Å². The number of urea groups is 1. The van der Waals surface area contributed by atoms with Gasteiger partial charge in [-0.15, -0.1) is 0 Å². The number of anilines is 2. The standard InChI is InChI=1S/C24H31N5O4S/c1-15-13-33-11-10-29(15)22-19-14-34(31,32)24(2,3)12-20(19)27-21(28-22)16-4-6-17(7-5-16)25-23(30)26-18-8-9-18/h4-7,15,18H,8-14H2,1-3H3,(H2,25,26,30)/t15-/m0/s1. The van der Waals surface area contributed by atoms with Gasteiger partial charge in [-0.25, -0.2) is 23.2 Å². The van der Waals surface area contributed by atoms with Gasteiger partial charge in [0, 0.05) is 35.8 Å². The minimum atomic E-state index is -3.34. The molecule has 3 aliphatic rings. The zero-order chi connectivity index (χ0) is 24.1. The lowest BCUT2D eigenvalue weighted by Crippen LogP contribution is -2.46. The number of carbonyl (C=O) groups excluding carboxylic acids is 1. The van der Waals surface area contributed by atoms with Gasteiger partial charge in [-0.3, -0.25) is 0 Å². The summed E-state index contributed by atoms with van der Waals surface area (Å²) in [7, 11) is -3.34. The molecule has 2 aromatic rings. The van der Waals surface area contributed by atoms with Gasteiger partial charge in [-0.2, -0.15) is 0 Å². The van der Waals surface area contributed by atoms with E-state index in [1.54, 1.807) is 13.8 Å². The first-order chi connectivity index (χ1) is 16.1. The summed E-state index contributed by atoms with van der Waals surface area (Å²) in [4.78, 5) is 23.9. The van der Waals surface area contributed by atoms with Gasteiger partial charge in [0.15, 0.2) is 15.7 Å². The molecule has 3 heterocycles. The van der Waals surface area contributed by atoms with E-state index in [9.17, 15) is 13.2 Å². The van der Waals surface area contributed by atoms with E-state index in [0.29, 0.717) is 49.1 Å². The van der Waals surface area contributed by atoms with Crippen LogP contribution in [-0.4, -0.2) is 61.0 Å². The van der Waals surface area contributed by atoms with Gasteiger partial charge in [0.05, 0.1) is 35.4 Å². The average molecular weight is 486 g/mol. The zero-order valence-corrected chi connectivity index (χ0v) is 20.6. The number of hydrogen-bond donors (Lipinski definition) is 2. The number of fused-ring (bicyclic) bond motifs is 1. The number of morpholine rings is 1. The lowest BCUT2D eigenvalue weighted by atomic mass is 10.0. The quantitative estimate of drug-likeness (QED) is 0.684. The largest absolute Gasteiger partial charge is 0.377 e. The number of sulfone groups is 1. The van der Waals surface area contributed by atoms with E-state index in [1.807, 2.05) is 24.3 Å². The Morgan fingerprint density at radius 3 is 2.59 bits per heavy atom. The molecule has 1 aromatic carbocycles. The maximum atomic E-state index is 13.0. The van der Waals surface area contributed by atoms with Crippen molar-refractivity contribution in [2.45, 2.75) is 62.6 Å². The predicted molar refractivity (Wildman–Crippen MR) is 131 cm³/mol. The fraction of sp³-hybridized carbons (Fsp3) is 0.542. The number of aromatic nitrogens is 2. The fourth-order valence-corrected chi connectivity index (χ4v) is 5.82. The van der Waals surface area contributed by atoms with Crippen LogP contribution in [0.1, 0.15) is 44.9 Å². The molecule has 0 bridgehead atoms. The van der Waals surface area contributed by atoms with Crippen LogP contribution in [0.2, 0.25) is 0 Å². The van der Waals surface area contributed by atoms with E-state index in [0.717, 1.165) is 24.1 Å². The average Bonchev–Trinajstić information content (AvgIpc) is 3.58. The second kappa shape index (κ2) is 8.49. The van der Waals surface area contributed by atoms with Crippen molar-refractivity contribution in [3.8, 4) is 11.4 Å². The Morgan fingerprint density at radius 2 is 1.91 bits per heavy atom. The minimum Gasteiger partial charge on any atom is -0.377 e. The molecule has 2 N–H and O–H groups in total. The highest BCUT2D eigenvalue weighted by Gasteiger charge is 2.42. The Bertz CT molecular complexity index is 1210. The second-order valence-corrected chi connectivity index (χ2v) is 12.7. The second-order valence-electron chi connectivity index (χ2n) is 10.1. The van der Waals surface area contributed by atoms with Crippen LogP contribution in [0.3, 0.4) is 0 Å². The molecule has 1 atom stereocenters. The van der Waals surface area contributed by atoms with E-state index in [2.05, 4.69) is 22.5 Å². The molecular weight excluding hydrogens is 454 g/mol. The van der Waals surface area contributed by atoms with Crippen LogP contribution in [0.5, 0.6) is 0 Å². The van der Waals surface area contributed by atoms with Gasteiger partial charge in [0.1, 0.15) is 5.82 Å². The van der Waals surface area contributed by atoms with Gasteiger partial charge in [0.25, 0.3) is 0 Å². The summed E-state index contributed by atoms with van der Waals surface area (Å²) in [6.07, 6.45) is 2.40. The third-order valence-electron chi connectivity index (χ3n) is 6.79. The summed E-state index contributed by atoms with van der Waals surface area (Å²) < 4.78 is 30.7. The third-order valence-corrected chi connectivity index (χ3v) is 9.29. The number of benzene rings is 1. The summed E-state index contributed by atoms with van der Waals surface area (Å²) in [5.74, 6) is 1.17. The van der Waals surface area contributed by atoms with Crippen molar-refractivity contribution in [3.63, 3.8) is 0 Å². The third kappa shape index (κ3) is 4.48. The van der Waals surface area contributed by atoms with Crippen LogP contribution >= 0.6 is 0 Å². The summed E-state index contributed by atoms with van der Waals surface area (Å²) >= 11 is 0. The van der Waals surface area contributed by atoms with Crippen LogP contribution in [0, 0.1) is 0 Å². The summed E-state index contributed by atoms with van der Waals surface area (Å²) in [6.45, 7) is 7.36. The molecule has 0 spiro atoms. The van der Waals surface area contributed by atoms with Gasteiger partial charge >= 0.3 is 6.03 Å². The molecule has 1 aliphatic carbocycles. The van der Waals surface area contributed by atoms with Crippen LogP contribution < -0.4 is 15.5 Å². The molecule has 2 aliphatic heterocycles. The first-order valence-corrected chi connectivity index (χ1v) is 13.4. The van der Waals surface area contributed by atoms with E-state index >= 15 is 0 Å². The first kappa shape index (κ1) is 23.0. The summed E-state index contributed by atoms with van der Waals surface area (Å²) in [5, 5.41) is 5.76. The van der Waals surface area contributed by atoms with Crippen molar-refractivity contribution in [1.82, 2.24) is 15.3 Å². The molecule has 1 saturated heterocycles. The van der Waals surface area contributed by atoms with Gasteiger partial charge < -0.3 is 20.3 Å². The minimum absolute atomic E-state index is 0.0615.